The molecule has 2 rings (SSSR count). The summed E-state index contributed by atoms with van der Waals surface area (Å²) in [6.07, 6.45) is 1.87. The van der Waals surface area contributed by atoms with Crippen molar-refractivity contribution in [2.24, 2.45) is 0 Å². The van der Waals surface area contributed by atoms with E-state index in [2.05, 4.69) is 5.32 Å². The van der Waals surface area contributed by atoms with Gasteiger partial charge in [0.25, 0.3) is 0 Å². The van der Waals surface area contributed by atoms with Gasteiger partial charge in [-0.25, -0.2) is 0 Å². The second-order valence-electron chi connectivity index (χ2n) is 4.47. The molecule has 5 heteroatoms. The molecule has 0 radical (unpaired) electrons. The van der Waals surface area contributed by atoms with Crippen LogP contribution in [0.4, 0.5) is 5.69 Å². The van der Waals surface area contributed by atoms with Gasteiger partial charge >= 0.3 is 0 Å². The van der Waals surface area contributed by atoms with Crippen LogP contribution >= 0.6 is 0 Å². The largest absolute Gasteiger partial charge is 0.493 e. The van der Waals surface area contributed by atoms with Crippen molar-refractivity contribution in [2.45, 2.75) is 19.4 Å². The molecule has 1 heterocycles. The minimum Gasteiger partial charge on any atom is -0.493 e. The fourth-order valence-corrected chi connectivity index (χ4v) is 1.75. The summed E-state index contributed by atoms with van der Waals surface area (Å²) in [6, 6.07) is 10.5. The topological polar surface area (TPSA) is 77.5 Å². The van der Waals surface area contributed by atoms with Crippen molar-refractivity contribution in [3.63, 3.8) is 0 Å². The van der Waals surface area contributed by atoms with Gasteiger partial charge < -0.3 is 20.2 Å². The van der Waals surface area contributed by atoms with E-state index in [1.165, 1.54) is 0 Å². The van der Waals surface area contributed by atoms with Crippen LogP contribution < -0.4 is 15.8 Å². The van der Waals surface area contributed by atoms with E-state index < -0.39 is 0 Å². The predicted molar refractivity (Wildman–Crippen MR) is 76.2 cm³/mol. The van der Waals surface area contributed by atoms with Gasteiger partial charge in [0, 0.05) is 5.69 Å². The van der Waals surface area contributed by atoms with Gasteiger partial charge in [0.15, 0.2) is 0 Å². The van der Waals surface area contributed by atoms with Crippen molar-refractivity contribution in [3.8, 4) is 5.75 Å². The smallest absolute Gasteiger partial charge is 0.224 e. The Kier molecular flexibility index (Phi) is 4.65. The Hall–Kier alpha value is -2.43. The Labute approximate surface area is 117 Å². The molecule has 3 N–H and O–H groups in total. The highest BCUT2D eigenvalue weighted by Gasteiger charge is 2.11. The molecule has 1 unspecified atom stereocenters. The molecule has 1 atom stereocenters. The molecule has 0 saturated heterocycles. The molecule has 0 aliphatic carbocycles. The van der Waals surface area contributed by atoms with E-state index >= 15 is 0 Å². The molecule has 2 aromatic rings. The number of ether oxygens (including phenoxy) is 1. The third-order valence-corrected chi connectivity index (χ3v) is 2.83. The first-order chi connectivity index (χ1) is 9.65. The van der Waals surface area contributed by atoms with E-state index in [9.17, 15) is 4.79 Å². The molecule has 0 fully saturated rings. The lowest BCUT2D eigenvalue weighted by molar-refractivity contribution is -0.122. The van der Waals surface area contributed by atoms with Gasteiger partial charge in [0.1, 0.15) is 11.5 Å². The summed E-state index contributed by atoms with van der Waals surface area (Å²) in [6.45, 7) is 2.19. The number of nitrogens with two attached hydrogens (primary N) is 1. The van der Waals surface area contributed by atoms with Crippen LogP contribution in [0.5, 0.6) is 5.75 Å². The van der Waals surface area contributed by atoms with Gasteiger partial charge in [0.05, 0.1) is 25.3 Å². The molecule has 0 aliphatic rings. The van der Waals surface area contributed by atoms with Gasteiger partial charge in [-0.15, -0.1) is 0 Å². The Morgan fingerprint density at radius 1 is 1.35 bits per heavy atom. The Bertz CT molecular complexity index is 535. The summed E-state index contributed by atoms with van der Waals surface area (Å²) in [5.41, 5.74) is 6.26. The molecule has 1 aromatic carbocycles. The number of hydrogen-bond acceptors (Lipinski definition) is 4. The molecule has 0 bridgehead atoms. The predicted octanol–water partition coefficient (Wildman–Crippen LogP) is 2.51. The number of nitrogens with one attached hydrogen (secondary N) is 1. The van der Waals surface area contributed by atoms with E-state index in [1.807, 2.05) is 13.0 Å². The van der Waals surface area contributed by atoms with Gasteiger partial charge in [-0.05, 0) is 43.3 Å². The van der Waals surface area contributed by atoms with E-state index in [0.29, 0.717) is 18.0 Å². The van der Waals surface area contributed by atoms with E-state index in [0.717, 1.165) is 5.76 Å². The summed E-state index contributed by atoms with van der Waals surface area (Å²) in [7, 11) is 0. The standard InChI is InChI=1S/C15H18N2O3/c1-11(14-3-2-9-20-14)17-15(18)8-10-19-13-6-4-12(16)5-7-13/h2-7,9,11H,8,10,16H2,1H3,(H,17,18). The molecule has 1 aromatic heterocycles. The molecular weight excluding hydrogens is 256 g/mol. The minimum atomic E-state index is -0.144. The minimum absolute atomic E-state index is 0.0793. The zero-order valence-corrected chi connectivity index (χ0v) is 11.3. The SMILES string of the molecule is CC(NC(=O)CCOc1ccc(N)cc1)c1ccco1. The quantitative estimate of drug-likeness (QED) is 0.793. The molecule has 0 saturated carbocycles. The first-order valence-corrected chi connectivity index (χ1v) is 6.46. The first kappa shape index (κ1) is 14.0. The summed E-state index contributed by atoms with van der Waals surface area (Å²) < 4.78 is 10.7. The molecule has 0 aliphatic heterocycles. The molecule has 106 valence electrons. The number of carbonyl (C=O) groups is 1. The molecule has 5 nitrogen and oxygen atoms in total. The summed E-state index contributed by atoms with van der Waals surface area (Å²) in [5, 5.41) is 2.84. The zero-order valence-electron chi connectivity index (χ0n) is 11.3. The Morgan fingerprint density at radius 2 is 2.10 bits per heavy atom. The summed E-state index contributed by atoms with van der Waals surface area (Å²) in [5.74, 6) is 1.35. The Morgan fingerprint density at radius 3 is 2.75 bits per heavy atom. The monoisotopic (exact) mass is 274 g/mol. The van der Waals surface area contributed by atoms with Crippen molar-refractivity contribution in [2.75, 3.05) is 12.3 Å². The number of nitrogen functional groups attached to an aromatic ring is 1. The molecule has 1 amide bonds. The second-order valence-corrected chi connectivity index (χ2v) is 4.47. The van der Waals surface area contributed by atoms with Crippen LogP contribution in [0.2, 0.25) is 0 Å². The van der Waals surface area contributed by atoms with Gasteiger partial charge in [-0.2, -0.15) is 0 Å². The number of carbonyl (C=O) groups excluding carboxylic acids is 1. The van der Waals surface area contributed by atoms with Crippen LogP contribution in [0.3, 0.4) is 0 Å². The van der Waals surface area contributed by atoms with E-state index in [1.54, 1.807) is 36.6 Å². The molecule has 20 heavy (non-hydrogen) atoms. The lowest BCUT2D eigenvalue weighted by Crippen LogP contribution is -2.27. The highest BCUT2D eigenvalue weighted by Crippen LogP contribution is 2.14. The van der Waals surface area contributed by atoms with Crippen molar-refractivity contribution < 1.29 is 13.9 Å². The summed E-state index contributed by atoms with van der Waals surface area (Å²) in [4.78, 5) is 11.7. The summed E-state index contributed by atoms with van der Waals surface area (Å²) >= 11 is 0. The number of anilines is 1. The fourth-order valence-electron chi connectivity index (χ4n) is 1.75. The maximum absolute atomic E-state index is 11.7. The molecule has 0 spiro atoms. The zero-order chi connectivity index (χ0) is 14.4. The number of hydrogen-bond donors (Lipinski definition) is 2. The van der Waals surface area contributed by atoms with Crippen molar-refractivity contribution >= 4 is 11.6 Å². The average Bonchev–Trinajstić information content (AvgIpc) is 2.95. The molecular formula is C15H18N2O3. The highest BCUT2D eigenvalue weighted by molar-refractivity contribution is 5.76. The Balaban J connectivity index is 1.71. The average molecular weight is 274 g/mol. The third kappa shape index (κ3) is 4.05. The maximum atomic E-state index is 11.7. The van der Waals surface area contributed by atoms with E-state index in [-0.39, 0.29) is 18.4 Å². The first-order valence-electron chi connectivity index (χ1n) is 6.46. The number of rotatable bonds is 6. The van der Waals surface area contributed by atoms with Crippen LogP contribution in [0.15, 0.2) is 47.1 Å². The van der Waals surface area contributed by atoms with Crippen molar-refractivity contribution in [1.29, 1.82) is 0 Å². The van der Waals surface area contributed by atoms with Crippen molar-refractivity contribution in [1.82, 2.24) is 5.32 Å². The van der Waals surface area contributed by atoms with Crippen LogP contribution in [0.25, 0.3) is 0 Å². The van der Waals surface area contributed by atoms with Crippen LogP contribution in [0.1, 0.15) is 25.1 Å². The number of amides is 1. The highest BCUT2D eigenvalue weighted by atomic mass is 16.5. The van der Waals surface area contributed by atoms with Crippen LogP contribution in [-0.2, 0) is 4.79 Å². The van der Waals surface area contributed by atoms with Gasteiger partial charge in [-0.1, -0.05) is 0 Å². The second kappa shape index (κ2) is 6.65. The van der Waals surface area contributed by atoms with Crippen LogP contribution in [0, 0.1) is 0 Å². The van der Waals surface area contributed by atoms with Gasteiger partial charge in [-0.3, -0.25) is 4.79 Å². The van der Waals surface area contributed by atoms with E-state index in [4.69, 9.17) is 14.9 Å². The number of furan rings is 1. The lowest BCUT2D eigenvalue weighted by atomic mass is 10.2. The third-order valence-electron chi connectivity index (χ3n) is 2.83. The maximum Gasteiger partial charge on any atom is 0.224 e. The fraction of sp³-hybridized carbons (Fsp3) is 0.267. The van der Waals surface area contributed by atoms with Crippen molar-refractivity contribution in [3.05, 3.63) is 48.4 Å². The van der Waals surface area contributed by atoms with Gasteiger partial charge in [0.2, 0.25) is 5.91 Å². The van der Waals surface area contributed by atoms with Crippen LogP contribution in [-0.4, -0.2) is 12.5 Å². The lowest BCUT2D eigenvalue weighted by Gasteiger charge is -2.11. The number of benzene rings is 1. The normalized spacial score (nSPS) is 11.8.